The highest BCUT2D eigenvalue weighted by atomic mass is 16.2. The smallest absolute Gasteiger partial charge is 0.255 e. The van der Waals surface area contributed by atoms with Gasteiger partial charge >= 0.3 is 0 Å². The van der Waals surface area contributed by atoms with Crippen LogP contribution in [0.1, 0.15) is 46.9 Å². The van der Waals surface area contributed by atoms with Gasteiger partial charge in [0.2, 0.25) is 5.91 Å². The predicted molar refractivity (Wildman–Crippen MR) is 112 cm³/mol. The van der Waals surface area contributed by atoms with E-state index in [4.69, 9.17) is 4.98 Å². The molecule has 1 fully saturated rings. The number of imidazole rings is 1. The van der Waals surface area contributed by atoms with E-state index in [9.17, 15) is 9.59 Å². The van der Waals surface area contributed by atoms with E-state index in [1.54, 1.807) is 12.1 Å². The summed E-state index contributed by atoms with van der Waals surface area (Å²) < 4.78 is 0. The lowest BCUT2D eigenvalue weighted by atomic mass is 9.98. The average molecular weight is 389 g/mol. The van der Waals surface area contributed by atoms with Crippen LogP contribution >= 0.6 is 0 Å². The quantitative estimate of drug-likeness (QED) is 0.553. The lowest BCUT2D eigenvalue weighted by Gasteiger charge is -2.20. The van der Waals surface area contributed by atoms with E-state index in [1.165, 1.54) is 0 Å². The zero-order valence-electron chi connectivity index (χ0n) is 16.0. The van der Waals surface area contributed by atoms with Gasteiger partial charge in [-0.25, -0.2) is 4.98 Å². The Labute approximate surface area is 168 Å². The average Bonchev–Trinajstić information content (AvgIpc) is 3.17. The number of rotatable bonds is 3. The molecule has 148 valence electrons. The van der Waals surface area contributed by atoms with Gasteiger partial charge in [0.25, 0.3) is 5.91 Å². The van der Waals surface area contributed by atoms with Crippen molar-refractivity contribution < 1.29 is 9.59 Å². The number of aromatic nitrogens is 2. The van der Waals surface area contributed by atoms with Gasteiger partial charge in [0.05, 0.1) is 11.0 Å². The molecule has 0 radical (unpaired) electrons. The van der Waals surface area contributed by atoms with Gasteiger partial charge < -0.3 is 20.9 Å². The molecule has 2 amide bonds. The molecule has 0 aliphatic carbocycles. The predicted octanol–water partition coefficient (Wildman–Crippen LogP) is 3.17. The van der Waals surface area contributed by atoms with E-state index in [0.29, 0.717) is 24.3 Å². The highest BCUT2D eigenvalue weighted by Crippen LogP contribution is 2.27. The number of H-pyrrole nitrogens is 1. The molecule has 3 heterocycles. The number of hydrogen-bond donors (Lipinski definition) is 4. The van der Waals surface area contributed by atoms with E-state index in [1.807, 2.05) is 24.3 Å². The van der Waals surface area contributed by atoms with Gasteiger partial charge in [0.1, 0.15) is 5.82 Å². The molecule has 0 saturated carbocycles. The summed E-state index contributed by atoms with van der Waals surface area (Å²) in [6.07, 6.45) is 3.28. The summed E-state index contributed by atoms with van der Waals surface area (Å²) in [7, 11) is 0. The van der Waals surface area contributed by atoms with E-state index in [2.05, 4.69) is 20.9 Å². The van der Waals surface area contributed by atoms with E-state index < -0.39 is 0 Å². The molecule has 7 nitrogen and oxygen atoms in total. The number of carbonyl (C=O) groups excluding carboxylic acids is 2. The van der Waals surface area contributed by atoms with Gasteiger partial charge in [0, 0.05) is 29.3 Å². The molecule has 1 aromatic heterocycles. The summed E-state index contributed by atoms with van der Waals surface area (Å²) in [5.41, 5.74) is 4.95. The number of amides is 2. The Bertz CT molecular complexity index is 1100. The molecular weight excluding hydrogens is 366 g/mol. The van der Waals surface area contributed by atoms with Crippen LogP contribution in [0.4, 0.5) is 11.4 Å². The monoisotopic (exact) mass is 389 g/mol. The molecule has 1 saturated heterocycles. The molecule has 29 heavy (non-hydrogen) atoms. The number of hydrogen-bond acceptors (Lipinski definition) is 4. The minimum absolute atomic E-state index is 0.0198. The molecule has 2 aliphatic rings. The fourth-order valence-electron chi connectivity index (χ4n) is 4.12. The maximum Gasteiger partial charge on any atom is 0.255 e. The number of nitrogens with zero attached hydrogens (tertiary/aromatic N) is 1. The van der Waals surface area contributed by atoms with Crippen LogP contribution in [0.2, 0.25) is 0 Å². The van der Waals surface area contributed by atoms with Gasteiger partial charge in [-0.05, 0) is 74.3 Å². The number of piperidine rings is 1. The van der Waals surface area contributed by atoms with Gasteiger partial charge in [0.15, 0.2) is 0 Å². The number of carbonyl (C=O) groups is 2. The van der Waals surface area contributed by atoms with Crippen molar-refractivity contribution in [3.63, 3.8) is 0 Å². The minimum atomic E-state index is -0.165. The zero-order valence-corrected chi connectivity index (χ0v) is 16.0. The van der Waals surface area contributed by atoms with Crippen LogP contribution in [0, 0.1) is 0 Å². The second kappa shape index (κ2) is 7.33. The molecule has 2 aromatic carbocycles. The summed E-state index contributed by atoms with van der Waals surface area (Å²) in [5.74, 6) is 1.34. The van der Waals surface area contributed by atoms with Gasteiger partial charge in [-0.3, -0.25) is 9.59 Å². The number of nitrogens with one attached hydrogen (secondary N) is 4. The van der Waals surface area contributed by atoms with Gasteiger partial charge in [-0.1, -0.05) is 0 Å². The lowest BCUT2D eigenvalue weighted by molar-refractivity contribution is -0.116. The first-order valence-corrected chi connectivity index (χ1v) is 10.1. The molecule has 4 N–H and O–H groups in total. The molecule has 0 spiro atoms. The molecule has 2 aliphatic heterocycles. The van der Waals surface area contributed by atoms with E-state index in [0.717, 1.165) is 59.7 Å². The summed E-state index contributed by atoms with van der Waals surface area (Å²) in [4.78, 5) is 32.4. The summed E-state index contributed by atoms with van der Waals surface area (Å²) in [6, 6.07) is 11.1. The molecule has 5 rings (SSSR count). The third-order valence-electron chi connectivity index (χ3n) is 5.75. The van der Waals surface area contributed by atoms with E-state index >= 15 is 0 Å². The van der Waals surface area contributed by atoms with Crippen molar-refractivity contribution >= 4 is 34.2 Å². The molecular formula is C22H23N5O2. The van der Waals surface area contributed by atoms with Crippen LogP contribution in [-0.2, 0) is 11.2 Å². The Morgan fingerprint density at radius 2 is 1.93 bits per heavy atom. The highest BCUT2D eigenvalue weighted by Gasteiger charge is 2.19. The van der Waals surface area contributed by atoms with Crippen LogP contribution in [0.3, 0.4) is 0 Å². The Morgan fingerprint density at radius 1 is 1.07 bits per heavy atom. The van der Waals surface area contributed by atoms with Crippen molar-refractivity contribution in [1.82, 2.24) is 15.3 Å². The van der Waals surface area contributed by atoms with Gasteiger partial charge in [-0.2, -0.15) is 0 Å². The SMILES string of the molecule is O=C1CCc2cc(C(=O)Nc3ccc4nc(C5CCNCC5)[nH]c4c3)ccc2N1. The first-order valence-electron chi connectivity index (χ1n) is 10.1. The first kappa shape index (κ1) is 17.9. The summed E-state index contributed by atoms with van der Waals surface area (Å²) in [6.45, 7) is 2.04. The van der Waals surface area contributed by atoms with E-state index in [-0.39, 0.29) is 11.8 Å². The number of aryl methyl sites for hydroxylation is 1. The molecule has 7 heteroatoms. The largest absolute Gasteiger partial charge is 0.342 e. The van der Waals surface area contributed by atoms with Gasteiger partial charge in [-0.15, -0.1) is 0 Å². The second-order valence-electron chi connectivity index (χ2n) is 7.75. The van der Waals surface area contributed by atoms with Crippen LogP contribution in [0.15, 0.2) is 36.4 Å². The van der Waals surface area contributed by atoms with Crippen molar-refractivity contribution in [2.45, 2.75) is 31.6 Å². The number of aromatic amines is 1. The molecule has 0 bridgehead atoms. The van der Waals surface area contributed by atoms with Crippen LogP contribution in [-0.4, -0.2) is 34.9 Å². The Balaban J connectivity index is 1.34. The van der Waals surface area contributed by atoms with Crippen molar-refractivity contribution in [1.29, 1.82) is 0 Å². The standard InChI is InChI=1S/C22H23N5O2/c28-20-6-2-14-11-15(1-4-17(14)25-20)22(29)24-16-3-5-18-19(12-16)27-21(26-18)13-7-9-23-10-8-13/h1,3-5,11-13,23H,2,6-10H2,(H,24,29)(H,25,28)(H,26,27). The third kappa shape index (κ3) is 3.61. The maximum absolute atomic E-state index is 12.7. The lowest BCUT2D eigenvalue weighted by Crippen LogP contribution is -2.27. The molecule has 0 atom stereocenters. The Morgan fingerprint density at radius 3 is 2.79 bits per heavy atom. The number of fused-ring (bicyclic) bond motifs is 2. The zero-order chi connectivity index (χ0) is 19.8. The first-order chi connectivity index (χ1) is 14.2. The van der Waals surface area contributed by atoms with Crippen LogP contribution < -0.4 is 16.0 Å². The van der Waals surface area contributed by atoms with Crippen molar-refractivity contribution in [3.8, 4) is 0 Å². The summed E-state index contributed by atoms with van der Waals surface area (Å²) >= 11 is 0. The normalized spacial score (nSPS) is 17.0. The number of anilines is 2. The number of benzene rings is 2. The summed E-state index contributed by atoms with van der Waals surface area (Å²) in [5, 5.41) is 9.19. The second-order valence-corrected chi connectivity index (χ2v) is 7.75. The van der Waals surface area contributed by atoms with Crippen LogP contribution in [0.5, 0.6) is 0 Å². The third-order valence-corrected chi connectivity index (χ3v) is 5.75. The van der Waals surface area contributed by atoms with Crippen molar-refractivity contribution in [3.05, 3.63) is 53.3 Å². The van der Waals surface area contributed by atoms with Crippen molar-refractivity contribution in [2.24, 2.45) is 0 Å². The Hall–Kier alpha value is -3.19. The van der Waals surface area contributed by atoms with Crippen molar-refractivity contribution in [2.75, 3.05) is 23.7 Å². The fraction of sp³-hybridized carbons (Fsp3) is 0.318. The maximum atomic E-state index is 12.7. The minimum Gasteiger partial charge on any atom is -0.342 e. The highest BCUT2D eigenvalue weighted by molar-refractivity contribution is 6.06. The molecule has 3 aromatic rings. The van der Waals surface area contributed by atoms with Crippen LogP contribution in [0.25, 0.3) is 11.0 Å². The molecule has 0 unspecified atom stereocenters. The Kier molecular flexibility index (Phi) is 4.52. The fourth-order valence-corrected chi connectivity index (χ4v) is 4.12. The topological polar surface area (TPSA) is 98.9 Å².